The Balaban J connectivity index is 2.90. The summed E-state index contributed by atoms with van der Waals surface area (Å²) in [5.74, 6) is 0. The first kappa shape index (κ1) is 11.6. The van der Waals surface area contributed by atoms with Crippen molar-refractivity contribution in [2.45, 2.75) is 43.9 Å². The van der Waals surface area contributed by atoms with Crippen LogP contribution in [0.1, 0.15) is 37.9 Å². The van der Waals surface area contributed by atoms with Gasteiger partial charge in [0.05, 0.1) is 0 Å². The van der Waals surface area contributed by atoms with Gasteiger partial charge in [0, 0.05) is 16.2 Å². The molecule has 0 spiro atoms. The molecule has 0 saturated carbocycles. The maximum absolute atomic E-state index is 5.83. The number of hydrogen-bond donors (Lipinski definition) is 1. The molecule has 1 nitrogen and oxygen atoms in total. The number of benzene rings is 1. The summed E-state index contributed by atoms with van der Waals surface area (Å²) < 4.78 is 0. The molecular weight excluding hydrogens is 190 g/mol. The van der Waals surface area contributed by atoms with Crippen LogP contribution in [0.4, 0.5) is 0 Å². The third-order valence-corrected chi connectivity index (χ3v) is 3.27. The number of aryl methyl sites for hydroxylation is 1. The largest absolute Gasteiger partial charge is 0.324 e. The summed E-state index contributed by atoms with van der Waals surface area (Å²) in [7, 11) is 0. The van der Waals surface area contributed by atoms with Crippen LogP contribution in [-0.2, 0) is 0 Å². The van der Waals surface area contributed by atoms with E-state index in [0.717, 1.165) is 0 Å². The van der Waals surface area contributed by atoms with Gasteiger partial charge in [0.1, 0.15) is 0 Å². The van der Waals surface area contributed by atoms with Crippen molar-refractivity contribution in [1.29, 1.82) is 0 Å². The fraction of sp³-hybridized carbons (Fsp3) is 0.500. The molecule has 78 valence electrons. The highest BCUT2D eigenvalue weighted by Gasteiger charge is 2.05. The van der Waals surface area contributed by atoms with Gasteiger partial charge in [0.25, 0.3) is 0 Å². The fourth-order valence-electron chi connectivity index (χ4n) is 1.34. The Labute approximate surface area is 91.1 Å². The molecule has 0 saturated heterocycles. The molecule has 0 aliphatic carbocycles. The zero-order chi connectivity index (χ0) is 10.7. The van der Waals surface area contributed by atoms with Crippen molar-refractivity contribution in [2.24, 2.45) is 5.73 Å². The first-order valence-corrected chi connectivity index (χ1v) is 5.91. The van der Waals surface area contributed by atoms with Crippen molar-refractivity contribution in [3.05, 3.63) is 29.3 Å². The maximum Gasteiger partial charge on any atom is 0.0266 e. The van der Waals surface area contributed by atoms with E-state index in [1.165, 1.54) is 16.0 Å². The highest BCUT2D eigenvalue weighted by atomic mass is 32.2. The lowest BCUT2D eigenvalue weighted by Gasteiger charge is -2.11. The van der Waals surface area contributed by atoms with Crippen LogP contribution in [-0.4, -0.2) is 5.25 Å². The van der Waals surface area contributed by atoms with Crippen molar-refractivity contribution < 1.29 is 0 Å². The average Bonchev–Trinajstić information content (AvgIpc) is 2.07. The van der Waals surface area contributed by atoms with Crippen LogP contribution >= 0.6 is 11.8 Å². The molecular formula is C12H19NS. The molecule has 14 heavy (non-hydrogen) atoms. The second kappa shape index (κ2) is 4.85. The summed E-state index contributed by atoms with van der Waals surface area (Å²) in [5, 5.41) is 0.634. The summed E-state index contributed by atoms with van der Waals surface area (Å²) in [6.45, 7) is 8.59. The lowest BCUT2D eigenvalue weighted by molar-refractivity contribution is 0.815. The van der Waals surface area contributed by atoms with E-state index in [1.807, 2.05) is 18.7 Å². The van der Waals surface area contributed by atoms with Crippen molar-refractivity contribution in [3.8, 4) is 0 Å². The van der Waals surface area contributed by atoms with Gasteiger partial charge in [0.15, 0.2) is 0 Å². The Hall–Kier alpha value is -0.470. The third-order valence-electron chi connectivity index (χ3n) is 2.09. The first-order chi connectivity index (χ1) is 6.50. The Morgan fingerprint density at radius 2 is 1.86 bits per heavy atom. The number of rotatable bonds is 3. The quantitative estimate of drug-likeness (QED) is 0.771. The van der Waals surface area contributed by atoms with Gasteiger partial charge in [-0.1, -0.05) is 26.0 Å². The van der Waals surface area contributed by atoms with Gasteiger partial charge in [-0.2, -0.15) is 0 Å². The second-order valence-electron chi connectivity index (χ2n) is 3.98. The normalized spacial score (nSPS) is 13.3. The van der Waals surface area contributed by atoms with E-state index in [9.17, 15) is 0 Å². The van der Waals surface area contributed by atoms with Crippen molar-refractivity contribution in [1.82, 2.24) is 0 Å². The van der Waals surface area contributed by atoms with Crippen molar-refractivity contribution in [2.75, 3.05) is 0 Å². The molecule has 2 N–H and O–H groups in total. The van der Waals surface area contributed by atoms with Gasteiger partial charge in [-0.25, -0.2) is 0 Å². The third kappa shape index (κ3) is 3.03. The van der Waals surface area contributed by atoms with Crippen LogP contribution in [0.25, 0.3) is 0 Å². The Kier molecular flexibility index (Phi) is 4.02. The molecule has 2 heteroatoms. The molecule has 0 aliphatic heterocycles. The SMILES string of the molecule is Cc1cc(C(C)N)ccc1SC(C)C. The molecule has 0 aliphatic rings. The van der Waals surface area contributed by atoms with Gasteiger partial charge in [-0.3, -0.25) is 0 Å². The second-order valence-corrected chi connectivity index (χ2v) is 5.60. The number of hydrogen-bond acceptors (Lipinski definition) is 2. The minimum Gasteiger partial charge on any atom is -0.324 e. The van der Waals surface area contributed by atoms with Crippen molar-refractivity contribution >= 4 is 11.8 Å². The van der Waals surface area contributed by atoms with Crippen LogP contribution in [0.3, 0.4) is 0 Å². The van der Waals surface area contributed by atoms with Gasteiger partial charge in [-0.05, 0) is 31.0 Å². The summed E-state index contributed by atoms with van der Waals surface area (Å²) in [6, 6.07) is 6.63. The molecule has 1 aromatic rings. The van der Waals surface area contributed by atoms with E-state index in [1.54, 1.807) is 0 Å². The topological polar surface area (TPSA) is 26.0 Å². The highest BCUT2D eigenvalue weighted by molar-refractivity contribution is 8.00. The summed E-state index contributed by atoms with van der Waals surface area (Å²) in [6.07, 6.45) is 0. The van der Waals surface area contributed by atoms with Crippen LogP contribution in [0.5, 0.6) is 0 Å². The van der Waals surface area contributed by atoms with E-state index >= 15 is 0 Å². The summed E-state index contributed by atoms with van der Waals surface area (Å²) in [4.78, 5) is 1.37. The van der Waals surface area contributed by atoms with E-state index < -0.39 is 0 Å². The zero-order valence-electron chi connectivity index (χ0n) is 9.37. The van der Waals surface area contributed by atoms with E-state index in [0.29, 0.717) is 5.25 Å². The fourth-order valence-corrected chi connectivity index (χ4v) is 2.24. The predicted molar refractivity (Wildman–Crippen MR) is 64.8 cm³/mol. The van der Waals surface area contributed by atoms with Crippen LogP contribution in [0.2, 0.25) is 0 Å². The minimum absolute atomic E-state index is 0.131. The van der Waals surface area contributed by atoms with Crippen LogP contribution in [0, 0.1) is 6.92 Å². The molecule has 0 aromatic heterocycles. The number of thioether (sulfide) groups is 1. The van der Waals surface area contributed by atoms with Crippen molar-refractivity contribution in [3.63, 3.8) is 0 Å². The van der Waals surface area contributed by atoms with Gasteiger partial charge in [0.2, 0.25) is 0 Å². The molecule has 1 rings (SSSR count). The van der Waals surface area contributed by atoms with Crippen LogP contribution in [0.15, 0.2) is 23.1 Å². The number of nitrogens with two attached hydrogens (primary N) is 1. The molecule has 0 radical (unpaired) electrons. The standard InChI is InChI=1S/C12H19NS/c1-8(2)14-12-6-5-11(10(4)13)7-9(12)3/h5-8,10H,13H2,1-4H3. The molecule has 0 bridgehead atoms. The average molecular weight is 209 g/mol. The Morgan fingerprint density at radius 1 is 1.21 bits per heavy atom. The lowest BCUT2D eigenvalue weighted by Crippen LogP contribution is -2.05. The Bertz CT molecular complexity index is 305. The molecule has 0 heterocycles. The zero-order valence-corrected chi connectivity index (χ0v) is 10.2. The van der Waals surface area contributed by atoms with E-state index in [2.05, 4.69) is 39.0 Å². The summed E-state index contributed by atoms with van der Waals surface area (Å²) >= 11 is 1.90. The van der Waals surface area contributed by atoms with E-state index in [4.69, 9.17) is 5.73 Å². The maximum atomic E-state index is 5.83. The Morgan fingerprint density at radius 3 is 2.29 bits per heavy atom. The molecule has 1 atom stereocenters. The van der Waals surface area contributed by atoms with E-state index in [-0.39, 0.29) is 6.04 Å². The molecule has 0 fully saturated rings. The lowest BCUT2D eigenvalue weighted by atomic mass is 10.1. The highest BCUT2D eigenvalue weighted by Crippen LogP contribution is 2.27. The predicted octanol–water partition coefficient (Wildman–Crippen LogP) is 3.52. The van der Waals surface area contributed by atoms with Gasteiger partial charge in [-0.15, -0.1) is 11.8 Å². The minimum atomic E-state index is 0.131. The molecule has 1 aromatic carbocycles. The van der Waals surface area contributed by atoms with Crippen LogP contribution < -0.4 is 5.73 Å². The molecule has 1 unspecified atom stereocenters. The van der Waals surface area contributed by atoms with Gasteiger partial charge >= 0.3 is 0 Å². The van der Waals surface area contributed by atoms with Gasteiger partial charge < -0.3 is 5.73 Å². The first-order valence-electron chi connectivity index (χ1n) is 5.03. The monoisotopic (exact) mass is 209 g/mol. The summed E-state index contributed by atoms with van der Waals surface area (Å²) in [5.41, 5.74) is 8.38. The molecule has 0 amide bonds. The smallest absolute Gasteiger partial charge is 0.0266 e.